The maximum atomic E-state index is 13.3. The third-order valence-electron chi connectivity index (χ3n) is 2.58. The predicted molar refractivity (Wildman–Crippen MR) is 75.9 cm³/mol. The first-order valence-electron chi connectivity index (χ1n) is 5.39. The van der Waals surface area contributed by atoms with E-state index in [-0.39, 0.29) is 17.2 Å². The van der Waals surface area contributed by atoms with Crippen LogP contribution in [0.15, 0.2) is 36.4 Å². The van der Waals surface area contributed by atoms with Gasteiger partial charge in [0.15, 0.2) is 5.78 Å². The van der Waals surface area contributed by atoms with Gasteiger partial charge in [-0.2, -0.15) is 0 Å². The number of rotatable bonds is 3. The lowest BCUT2D eigenvalue weighted by Gasteiger charge is -2.05. The van der Waals surface area contributed by atoms with Crippen molar-refractivity contribution in [1.29, 1.82) is 0 Å². The van der Waals surface area contributed by atoms with Crippen molar-refractivity contribution in [3.05, 3.63) is 68.4 Å². The summed E-state index contributed by atoms with van der Waals surface area (Å²) < 4.78 is 13.3. The van der Waals surface area contributed by atoms with Crippen LogP contribution in [0.4, 0.5) is 4.39 Å². The quantitative estimate of drug-likeness (QED) is 0.710. The fourth-order valence-electron chi connectivity index (χ4n) is 1.64. The molecule has 0 atom stereocenters. The van der Waals surface area contributed by atoms with E-state index < -0.39 is 5.82 Å². The van der Waals surface area contributed by atoms with Crippen molar-refractivity contribution in [1.82, 2.24) is 0 Å². The summed E-state index contributed by atoms with van der Waals surface area (Å²) in [5.74, 6) is -0.779. The number of hydrogen-bond acceptors (Lipinski definition) is 1. The zero-order chi connectivity index (χ0) is 14.0. The molecule has 0 aliphatic carbocycles. The van der Waals surface area contributed by atoms with Crippen molar-refractivity contribution in [2.75, 3.05) is 0 Å². The van der Waals surface area contributed by atoms with Crippen LogP contribution >= 0.6 is 34.8 Å². The lowest BCUT2D eigenvalue weighted by Crippen LogP contribution is -2.04. The highest BCUT2D eigenvalue weighted by Gasteiger charge is 2.12. The van der Waals surface area contributed by atoms with Gasteiger partial charge in [0, 0.05) is 17.0 Å². The van der Waals surface area contributed by atoms with Crippen molar-refractivity contribution < 1.29 is 9.18 Å². The molecule has 2 aromatic carbocycles. The van der Waals surface area contributed by atoms with Crippen LogP contribution in [-0.2, 0) is 6.42 Å². The number of benzene rings is 2. The number of ketones is 1. The van der Waals surface area contributed by atoms with Gasteiger partial charge < -0.3 is 0 Å². The Hall–Kier alpha value is -1.09. The number of halogens is 4. The molecule has 0 N–H and O–H groups in total. The highest BCUT2D eigenvalue weighted by atomic mass is 35.5. The van der Waals surface area contributed by atoms with Crippen LogP contribution in [0.5, 0.6) is 0 Å². The lowest BCUT2D eigenvalue weighted by molar-refractivity contribution is 0.0993. The van der Waals surface area contributed by atoms with Gasteiger partial charge in [0.1, 0.15) is 5.82 Å². The molecule has 0 bridgehead atoms. The molecule has 0 aliphatic heterocycles. The summed E-state index contributed by atoms with van der Waals surface area (Å²) in [4.78, 5) is 12.1. The molecule has 0 aromatic heterocycles. The molecule has 0 spiro atoms. The molecule has 2 rings (SSSR count). The number of carbonyl (C=O) groups is 1. The van der Waals surface area contributed by atoms with E-state index >= 15 is 0 Å². The Morgan fingerprint density at radius 1 is 1.00 bits per heavy atom. The van der Waals surface area contributed by atoms with Crippen LogP contribution < -0.4 is 0 Å². The van der Waals surface area contributed by atoms with Gasteiger partial charge in [-0.05, 0) is 35.9 Å². The molecule has 2 aromatic rings. The van der Waals surface area contributed by atoms with Crippen LogP contribution in [0.2, 0.25) is 15.1 Å². The van der Waals surface area contributed by atoms with Crippen molar-refractivity contribution in [3.63, 3.8) is 0 Å². The van der Waals surface area contributed by atoms with Crippen LogP contribution in [0.25, 0.3) is 0 Å². The fraction of sp³-hybridized carbons (Fsp3) is 0.0714. The molecule has 0 heterocycles. The first kappa shape index (κ1) is 14.3. The number of hydrogen-bond donors (Lipinski definition) is 0. The molecular weight excluding hydrogens is 310 g/mol. The van der Waals surface area contributed by atoms with E-state index in [2.05, 4.69) is 0 Å². The third-order valence-corrected chi connectivity index (χ3v) is 3.45. The first-order valence-corrected chi connectivity index (χ1v) is 6.53. The Kier molecular flexibility index (Phi) is 4.46. The van der Waals surface area contributed by atoms with Crippen LogP contribution in [0, 0.1) is 5.82 Å². The highest BCUT2D eigenvalue weighted by molar-refractivity contribution is 6.36. The molecule has 0 unspecified atom stereocenters. The monoisotopic (exact) mass is 316 g/mol. The summed E-state index contributed by atoms with van der Waals surface area (Å²) in [6.07, 6.45) is 0.0359. The summed E-state index contributed by atoms with van der Waals surface area (Å²) in [7, 11) is 0. The van der Waals surface area contributed by atoms with Crippen molar-refractivity contribution >= 4 is 40.6 Å². The molecule has 19 heavy (non-hydrogen) atoms. The van der Waals surface area contributed by atoms with E-state index in [4.69, 9.17) is 34.8 Å². The lowest BCUT2D eigenvalue weighted by atomic mass is 10.0. The average Bonchev–Trinajstić information content (AvgIpc) is 2.36. The summed E-state index contributed by atoms with van der Waals surface area (Å²) in [6, 6.07) is 8.90. The molecule has 0 aliphatic rings. The summed E-state index contributed by atoms with van der Waals surface area (Å²) in [6.45, 7) is 0. The molecular formula is C14H8Cl3FO. The minimum absolute atomic E-state index is 0.0250. The van der Waals surface area contributed by atoms with Gasteiger partial charge in [-0.15, -0.1) is 0 Å². The fourth-order valence-corrected chi connectivity index (χ4v) is 2.15. The van der Waals surface area contributed by atoms with E-state index in [1.165, 1.54) is 18.2 Å². The smallest absolute Gasteiger partial charge is 0.168 e. The Bertz CT molecular complexity index is 641. The summed E-state index contributed by atoms with van der Waals surface area (Å²) >= 11 is 17.3. The number of carbonyl (C=O) groups excluding carboxylic acids is 1. The Morgan fingerprint density at radius 3 is 2.37 bits per heavy atom. The average molecular weight is 318 g/mol. The van der Waals surface area contributed by atoms with E-state index in [9.17, 15) is 9.18 Å². The Morgan fingerprint density at radius 2 is 1.68 bits per heavy atom. The van der Waals surface area contributed by atoms with Crippen molar-refractivity contribution in [2.24, 2.45) is 0 Å². The second-order valence-corrected chi connectivity index (χ2v) is 5.22. The zero-order valence-electron chi connectivity index (χ0n) is 9.59. The highest BCUT2D eigenvalue weighted by Crippen LogP contribution is 2.23. The van der Waals surface area contributed by atoms with Gasteiger partial charge in [-0.25, -0.2) is 4.39 Å². The van der Waals surface area contributed by atoms with Gasteiger partial charge in [-0.3, -0.25) is 4.79 Å². The van der Waals surface area contributed by atoms with Gasteiger partial charge >= 0.3 is 0 Å². The van der Waals surface area contributed by atoms with Crippen molar-refractivity contribution in [2.45, 2.75) is 6.42 Å². The second kappa shape index (κ2) is 5.91. The molecule has 0 amide bonds. The van der Waals surface area contributed by atoms with E-state index in [1.54, 1.807) is 18.2 Å². The summed E-state index contributed by atoms with van der Waals surface area (Å²) in [5, 5.41) is 0.774. The van der Waals surface area contributed by atoms with Gasteiger partial charge in [0.05, 0.1) is 10.0 Å². The molecule has 98 valence electrons. The minimum atomic E-state index is -0.552. The van der Waals surface area contributed by atoms with Gasteiger partial charge in [-0.1, -0.05) is 40.9 Å². The van der Waals surface area contributed by atoms with Crippen LogP contribution in [0.3, 0.4) is 0 Å². The van der Waals surface area contributed by atoms with E-state index in [1.807, 2.05) is 0 Å². The van der Waals surface area contributed by atoms with E-state index in [0.717, 1.165) is 0 Å². The topological polar surface area (TPSA) is 17.1 Å². The Balaban J connectivity index is 2.25. The standard InChI is InChI=1S/C14H8Cl3FO/c15-9-2-4-11(16)10(7-9)14(19)6-8-1-3-12(17)13(18)5-8/h1-5,7H,6H2. The van der Waals surface area contributed by atoms with Crippen molar-refractivity contribution in [3.8, 4) is 0 Å². The number of Topliss-reactive ketones (excluding diaryl/α,β-unsaturated/α-hetero) is 1. The molecule has 0 fully saturated rings. The van der Waals surface area contributed by atoms with Gasteiger partial charge in [0.25, 0.3) is 0 Å². The predicted octanol–water partition coefficient (Wildman–Crippen LogP) is 5.21. The minimum Gasteiger partial charge on any atom is -0.294 e. The molecule has 5 heteroatoms. The Labute approximate surface area is 124 Å². The summed E-state index contributed by atoms with van der Waals surface area (Å²) in [5.41, 5.74) is 0.854. The molecule has 0 radical (unpaired) electrons. The molecule has 0 saturated carbocycles. The van der Waals surface area contributed by atoms with Crippen LogP contribution in [0.1, 0.15) is 15.9 Å². The normalized spacial score (nSPS) is 10.5. The third kappa shape index (κ3) is 3.47. The largest absolute Gasteiger partial charge is 0.294 e. The maximum Gasteiger partial charge on any atom is 0.168 e. The van der Waals surface area contributed by atoms with E-state index in [0.29, 0.717) is 21.2 Å². The zero-order valence-corrected chi connectivity index (χ0v) is 11.9. The second-order valence-electron chi connectivity index (χ2n) is 3.97. The van der Waals surface area contributed by atoms with Gasteiger partial charge in [0.2, 0.25) is 0 Å². The molecule has 0 saturated heterocycles. The SMILES string of the molecule is O=C(Cc1ccc(Cl)c(F)c1)c1cc(Cl)ccc1Cl. The van der Waals surface area contributed by atoms with Crippen LogP contribution in [-0.4, -0.2) is 5.78 Å². The maximum absolute atomic E-state index is 13.3. The molecule has 1 nitrogen and oxygen atoms in total. The first-order chi connectivity index (χ1) is 8.97.